The van der Waals surface area contributed by atoms with Gasteiger partial charge in [0.1, 0.15) is 66.1 Å². The predicted molar refractivity (Wildman–Crippen MR) is 315 cm³/mol. The monoisotopic (exact) mass is 1210 g/mol. The number of amides is 7. The van der Waals surface area contributed by atoms with E-state index in [0.717, 1.165) is 70.9 Å². The number of nitrogens with one attached hydrogen (secondary N) is 5. The largest absolute Gasteiger partial charge is 0.508 e. The molecule has 87 heavy (non-hydrogen) atoms. The van der Waals surface area contributed by atoms with Gasteiger partial charge in [-0.15, -0.1) is 0 Å². The molecule has 25 nitrogen and oxygen atoms in total. The predicted octanol–water partition coefficient (Wildman–Crippen LogP) is -0.164. The number of unbranched alkanes of at least 4 members (excludes halogenated alkanes) is 3. The van der Waals surface area contributed by atoms with Gasteiger partial charge in [0.15, 0.2) is 6.23 Å². The Bertz CT molecular complexity index is 2970. The van der Waals surface area contributed by atoms with Crippen LogP contribution in [0.25, 0.3) is 22.3 Å². The summed E-state index contributed by atoms with van der Waals surface area (Å²) in [6.07, 6.45) is -11.9. The smallest absolute Gasteiger partial charge is 0.251 e. The first-order valence-electron chi connectivity index (χ1n) is 29.5. The number of aromatic hydroxyl groups is 1. The molecule has 3 aliphatic rings. The van der Waals surface area contributed by atoms with Crippen molar-refractivity contribution in [2.45, 2.75) is 158 Å². The van der Waals surface area contributed by atoms with Gasteiger partial charge in [-0.1, -0.05) is 87.4 Å². The molecule has 7 rings (SSSR count). The summed E-state index contributed by atoms with van der Waals surface area (Å²) < 4.78 is 11.9. The standard InChI is InChI=1S/C62H82N8O17/c1-5-6-8-27-86-44-24-20-39(21-25-44)37-12-10-36(11-13-37)38-14-16-41(17-15-38)55(79)64-45-30-47(75)60(87-28-9-7-26-63)68-59(83)51-52(76)33(2)31-70(51)62(85)49(35(4)72)66-58(82)50(54(78)53(77)40-18-22-42(73)23-19-40)67-57(81)46-29-43(74)32-69(46)61(84)48(34(3)71)65-56(45)80/h10-25,33-35,43,45-54,60,71-78H,5-9,26-32,63H2,1-4H3,(H,64,79)(H,65,80)(H,66,82)(H,67,81)(H,68,83)/t33-,34+,35+,43+,45-,46-,47+,48-,49-,50-,51-,52-,53-,54-,60+/m0/s1. The highest BCUT2D eigenvalue weighted by atomic mass is 16.5. The summed E-state index contributed by atoms with van der Waals surface area (Å²) in [6.45, 7) is 5.71. The molecule has 15 N–H and O–H groups in total. The topological polar surface area (TPSA) is 392 Å². The molecule has 0 radical (unpaired) electrons. The summed E-state index contributed by atoms with van der Waals surface area (Å²) in [6, 6.07) is 15.2. The van der Waals surface area contributed by atoms with Gasteiger partial charge in [-0.3, -0.25) is 33.6 Å². The minimum absolute atomic E-state index is 0.0412. The van der Waals surface area contributed by atoms with E-state index in [2.05, 4.69) is 33.5 Å². The Kier molecular flexibility index (Phi) is 23.7. The molecular formula is C62H82N8O17. The van der Waals surface area contributed by atoms with E-state index in [1.807, 2.05) is 48.5 Å². The molecule has 0 unspecified atom stereocenters. The third-order valence-electron chi connectivity index (χ3n) is 15.9. The third kappa shape index (κ3) is 16.9. The number of ether oxygens (including phenoxy) is 2. The number of aliphatic hydroxyl groups is 7. The average molecular weight is 1210 g/mol. The van der Waals surface area contributed by atoms with Crippen LogP contribution in [-0.4, -0.2) is 204 Å². The molecule has 4 aromatic carbocycles. The molecule has 0 aliphatic carbocycles. The molecule has 25 heteroatoms. The SMILES string of the molecule is CCCCCOc1ccc(-c2ccc(-c3ccc(C(=O)N[C@H]4C[C@@H](O)[C@@H](OCCCCN)NC(=O)[C@@H]5[C@@H](O)[C@@H](C)CN5C(=O)[C@H]([C@@H](C)O)NC(=O)[C@H]([C@H](O)[C@@H](O)c5ccc(O)cc5)NC(=O)[C@@H]5C[C@@H](O)CN5C(=O)[C@H]([C@@H](C)O)NC4=O)cc3)cc2)cc1. The Hall–Kier alpha value is -7.59. The number of fused-ring (bicyclic) bond motifs is 2. The number of nitrogens with zero attached hydrogens (tertiary/aromatic N) is 2. The zero-order chi connectivity index (χ0) is 63.2. The number of aliphatic hydroxyl groups excluding tert-OH is 7. The number of benzene rings is 4. The summed E-state index contributed by atoms with van der Waals surface area (Å²) in [5, 5.41) is 102. The summed E-state index contributed by atoms with van der Waals surface area (Å²) in [7, 11) is 0. The zero-order valence-electron chi connectivity index (χ0n) is 49.1. The van der Waals surface area contributed by atoms with E-state index in [9.17, 15) is 74.4 Å². The number of phenols is 1. The fourth-order valence-corrected chi connectivity index (χ4v) is 10.8. The normalized spacial score (nSPS) is 26.6. The maximum atomic E-state index is 14.7. The van der Waals surface area contributed by atoms with Crippen molar-refractivity contribution < 1.29 is 83.9 Å². The van der Waals surface area contributed by atoms with Gasteiger partial charge in [0.2, 0.25) is 35.4 Å². The molecule has 3 heterocycles. The van der Waals surface area contributed by atoms with Crippen LogP contribution in [0.3, 0.4) is 0 Å². The number of carbonyl (C=O) groups is 7. The minimum atomic E-state index is -2.29. The summed E-state index contributed by atoms with van der Waals surface area (Å²) in [5.74, 6) is -8.29. The van der Waals surface area contributed by atoms with E-state index < -0.39 is 152 Å². The number of carbonyl (C=O) groups excluding carboxylic acids is 7. The maximum Gasteiger partial charge on any atom is 0.251 e. The number of hydrogen-bond donors (Lipinski definition) is 14. The van der Waals surface area contributed by atoms with Crippen molar-refractivity contribution in [3.8, 4) is 33.8 Å². The number of rotatable bonds is 19. The average Bonchev–Trinajstić information content (AvgIpc) is 1.92. The summed E-state index contributed by atoms with van der Waals surface area (Å²) >= 11 is 0. The second-order valence-electron chi connectivity index (χ2n) is 22.6. The van der Waals surface area contributed by atoms with Crippen molar-refractivity contribution in [1.82, 2.24) is 36.4 Å². The van der Waals surface area contributed by atoms with E-state index in [0.29, 0.717) is 19.4 Å². The molecule has 3 aliphatic heterocycles. The first-order chi connectivity index (χ1) is 41.5. The fraction of sp³-hybridized carbons (Fsp3) is 0.500. The second-order valence-corrected chi connectivity index (χ2v) is 22.6. The number of phenolic OH excluding ortho intramolecular Hbond substituents is 1. The van der Waals surface area contributed by atoms with Gasteiger partial charge in [-0.05, 0) is 104 Å². The molecule has 0 saturated carbocycles. The molecule has 472 valence electrons. The van der Waals surface area contributed by atoms with E-state index in [1.54, 1.807) is 12.1 Å². The van der Waals surface area contributed by atoms with Crippen LogP contribution in [0.4, 0.5) is 0 Å². The molecule has 0 bridgehead atoms. The Morgan fingerprint density at radius 3 is 1.76 bits per heavy atom. The van der Waals surface area contributed by atoms with Gasteiger partial charge >= 0.3 is 0 Å². The molecule has 3 saturated heterocycles. The maximum absolute atomic E-state index is 14.7. The van der Waals surface area contributed by atoms with Gasteiger partial charge in [-0.2, -0.15) is 0 Å². The lowest BCUT2D eigenvalue weighted by Gasteiger charge is -2.34. The van der Waals surface area contributed by atoms with Gasteiger partial charge in [0.25, 0.3) is 5.91 Å². The van der Waals surface area contributed by atoms with Crippen molar-refractivity contribution in [2.24, 2.45) is 11.7 Å². The van der Waals surface area contributed by atoms with Crippen LogP contribution in [0.15, 0.2) is 97.1 Å². The van der Waals surface area contributed by atoms with E-state index >= 15 is 0 Å². The molecule has 0 aromatic heterocycles. The Labute approximate surface area is 504 Å². The summed E-state index contributed by atoms with van der Waals surface area (Å²) in [4.78, 5) is 104. The van der Waals surface area contributed by atoms with Crippen LogP contribution in [-0.2, 0) is 33.5 Å². The quantitative estimate of drug-likeness (QED) is 0.0542. The van der Waals surface area contributed by atoms with Crippen LogP contribution in [0.1, 0.15) is 94.7 Å². The van der Waals surface area contributed by atoms with Crippen molar-refractivity contribution in [3.05, 3.63) is 108 Å². The Morgan fingerprint density at radius 2 is 1.18 bits per heavy atom. The Balaban J connectivity index is 1.22. The van der Waals surface area contributed by atoms with Gasteiger partial charge < -0.3 is 92.4 Å². The first-order valence-corrected chi connectivity index (χ1v) is 29.5. The molecule has 3 fully saturated rings. The Morgan fingerprint density at radius 1 is 0.644 bits per heavy atom. The lowest BCUT2D eigenvalue weighted by atomic mass is 9.96. The molecule has 4 aromatic rings. The van der Waals surface area contributed by atoms with Crippen molar-refractivity contribution in [2.75, 3.05) is 32.8 Å². The molecule has 15 atom stereocenters. The van der Waals surface area contributed by atoms with Crippen LogP contribution < -0.4 is 37.1 Å². The zero-order valence-corrected chi connectivity index (χ0v) is 49.1. The highest BCUT2D eigenvalue weighted by molar-refractivity contribution is 6.00. The molecular weight excluding hydrogens is 1130 g/mol. The van der Waals surface area contributed by atoms with Crippen molar-refractivity contribution in [3.63, 3.8) is 0 Å². The van der Waals surface area contributed by atoms with Crippen LogP contribution in [0.2, 0.25) is 0 Å². The summed E-state index contributed by atoms with van der Waals surface area (Å²) in [5.41, 5.74) is 9.19. The van der Waals surface area contributed by atoms with Crippen molar-refractivity contribution >= 4 is 41.4 Å². The highest BCUT2D eigenvalue weighted by Crippen LogP contribution is 2.30. The van der Waals surface area contributed by atoms with Crippen LogP contribution in [0.5, 0.6) is 11.5 Å². The van der Waals surface area contributed by atoms with Gasteiger partial charge in [-0.25, -0.2) is 0 Å². The molecule has 0 spiro atoms. The fourth-order valence-electron chi connectivity index (χ4n) is 10.8. The lowest BCUT2D eigenvalue weighted by molar-refractivity contribution is -0.149. The van der Waals surface area contributed by atoms with Crippen LogP contribution in [0, 0.1) is 5.92 Å². The number of nitrogens with two attached hydrogens (primary N) is 1. The van der Waals surface area contributed by atoms with E-state index in [4.69, 9.17) is 15.2 Å². The minimum Gasteiger partial charge on any atom is -0.508 e. The van der Waals surface area contributed by atoms with Crippen molar-refractivity contribution in [1.29, 1.82) is 0 Å². The third-order valence-corrected chi connectivity index (χ3v) is 15.9. The lowest BCUT2D eigenvalue weighted by Crippen LogP contribution is -2.64. The van der Waals surface area contributed by atoms with Gasteiger partial charge in [0.05, 0.1) is 31.0 Å². The second kappa shape index (κ2) is 30.9. The van der Waals surface area contributed by atoms with E-state index in [1.165, 1.54) is 43.3 Å². The number of hydrogen-bond acceptors (Lipinski definition) is 18. The van der Waals surface area contributed by atoms with Crippen LogP contribution >= 0.6 is 0 Å². The first kappa shape index (κ1) is 66.9. The van der Waals surface area contributed by atoms with E-state index in [-0.39, 0.29) is 36.6 Å². The highest BCUT2D eigenvalue weighted by Gasteiger charge is 2.50. The van der Waals surface area contributed by atoms with Gasteiger partial charge in [0, 0.05) is 44.0 Å². The molecule has 7 amide bonds.